The molecule has 4 aromatic rings. The lowest BCUT2D eigenvalue weighted by Gasteiger charge is -2.10. The Bertz CT molecular complexity index is 1330. The van der Waals surface area contributed by atoms with E-state index in [4.69, 9.17) is 4.42 Å². The van der Waals surface area contributed by atoms with Crippen LogP contribution in [-0.2, 0) is 6.54 Å². The van der Waals surface area contributed by atoms with Crippen molar-refractivity contribution in [1.82, 2.24) is 20.6 Å². The van der Waals surface area contributed by atoms with Crippen LogP contribution in [0.2, 0.25) is 0 Å². The number of hydrazine groups is 1. The maximum atomic E-state index is 12.7. The number of halogens is 1. The van der Waals surface area contributed by atoms with Crippen LogP contribution in [0.15, 0.2) is 62.2 Å². The minimum absolute atomic E-state index is 0.0379. The summed E-state index contributed by atoms with van der Waals surface area (Å²) < 4.78 is 7.56. The van der Waals surface area contributed by atoms with E-state index in [-0.39, 0.29) is 17.0 Å². The van der Waals surface area contributed by atoms with Gasteiger partial charge in [0.15, 0.2) is 11.5 Å². The predicted molar refractivity (Wildman–Crippen MR) is 111 cm³/mol. The molecule has 2 amide bonds. The number of fused-ring (bicyclic) bond motifs is 2. The number of nitrogens with one attached hydrogen (secondary N) is 2. The van der Waals surface area contributed by atoms with Crippen molar-refractivity contribution in [2.45, 2.75) is 13.5 Å². The molecule has 0 spiro atoms. The normalized spacial score (nSPS) is 11.0. The van der Waals surface area contributed by atoms with Gasteiger partial charge in [-0.15, -0.1) is 0 Å². The maximum absolute atomic E-state index is 12.7. The number of hydrogen-bond acceptors (Lipinski definition) is 5. The SMILES string of the molecule is CCn1nc(C(=O)NNC(=O)c2cc3cc(Br)ccc3o2)c2ccccc2c1=O. The zero-order chi connectivity index (χ0) is 20.5. The molecule has 2 heterocycles. The first-order valence-corrected chi connectivity index (χ1v) is 9.57. The van der Waals surface area contributed by atoms with E-state index in [1.165, 1.54) is 4.68 Å². The summed E-state index contributed by atoms with van der Waals surface area (Å²) in [5, 5.41) is 5.66. The molecule has 29 heavy (non-hydrogen) atoms. The van der Waals surface area contributed by atoms with Crippen LogP contribution in [-0.4, -0.2) is 21.6 Å². The van der Waals surface area contributed by atoms with Gasteiger partial charge in [-0.3, -0.25) is 25.2 Å². The summed E-state index contributed by atoms with van der Waals surface area (Å²) in [5.74, 6) is -1.20. The molecule has 0 radical (unpaired) electrons. The summed E-state index contributed by atoms with van der Waals surface area (Å²) in [6.07, 6.45) is 0. The molecule has 2 aromatic heterocycles. The van der Waals surface area contributed by atoms with Crippen molar-refractivity contribution in [3.63, 3.8) is 0 Å². The Morgan fingerprint density at radius 3 is 2.55 bits per heavy atom. The van der Waals surface area contributed by atoms with E-state index < -0.39 is 11.8 Å². The number of rotatable bonds is 3. The Balaban J connectivity index is 1.58. The van der Waals surface area contributed by atoms with Gasteiger partial charge >= 0.3 is 5.91 Å². The van der Waals surface area contributed by atoms with Gasteiger partial charge in [0, 0.05) is 21.8 Å². The summed E-state index contributed by atoms with van der Waals surface area (Å²) in [7, 11) is 0. The van der Waals surface area contributed by atoms with E-state index in [0.717, 1.165) is 9.86 Å². The Labute approximate surface area is 172 Å². The molecule has 0 aliphatic rings. The summed E-state index contributed by atoms with van der Waals surface area (Å²) in [4.78, 5) is 37.4. The minimum Gasteiger partial charge on any atom is -0.451 e. The number of aryl methyl sites for hydroxylation is 1. The van der Waals surface area contributed by atoms with Crippen LogP contribution in [0, 0.1) is 0 Å². The Morgan fingerprint density at radius 2 is 1.79 bits per heavy atom. The highest BCUT2D eigenvalue weighted by Gasteiger charge is 2.18. The molecule has 0 bridgehead atoms. The van der Waals surface area contributed by atoms with Gasteiger partial charge in [-0.05, 0) is 37.3 Å². The van der Waals surface area contributed by atoms with Crippen molar-refractivity contribution in [3.05, 3.63) is 74.8 Å². The molecule has 9 heteroatoms. The van der Waals surface area contributed by atoms with Gasteiger partial charge in [-0.1, -0.05) is 34.1 Å². The molecule has 0 unspecified atom stereocenters. The van der Waals surface area contributed by atoms with Gasteiger partial charge in [-0.2, -0.15) is 5.10 Å². The molecule has 4 rings (SSSR count). The van der Waals surface area contributed by atoms with Gasteiger partial charge in [0.25, 0.3) is 11.5 Å². The number of hydrogen-bond donors (Lipinski definition) is 2. The molecule has 0 saturated heterocycles. The van der Waals surface area contributed by atoms with Gasteiger partial charge in [0.1, 0.15) is 5.58 Å². The van der Waals surface area contributed by atoms with Crippen LogP contribution < -0.4 is 16.4 Å². The number of carbonyl (C=O) groups excluding carboxylic acids is 2. The standard InChI is InChI=1S/C20H15BrN4O4/c1-2-25-20(28)14-6-4-3-5-13(14)17(24-25)19(27)23-22-18(26)16-10-11-9-12(21)7-8-15(11)29-16/h3-10H,2H2,1H3,(H,22,26)(H,23,27). The lowest BCUT2D eigenvalue weighted by atomic mass is 10.1. The molecular weight excluding hydrogens is 440 g/mol. The molecule has 2 N–H and O–H groups in total. The van der Waals surface area contributed by atoms with Gasteiger partial charge < -0.3 is 4.42 Å². The smallest absolute Gasteiger partial charge is 0.305 e. The lowest BCUT2D eigenvalue weighted by molar-refractivity contribution is 0.0829. The summed E-state index contributed by atoms with van der Waals surface area (Å²) in [6.45, 7) is 2.07. The van der Waals surface area contributed by atoms with Crippen LogP contribution in [0.25, 0.3) is 21.7 Å². The molecule has 0 saturated carbocycles. The topological polar surface area (TPSA) is 106 Å². The largest absolute Gasteiger partial charge is 0.451 e. The van der Waals surface area contributed by atoms with E-state index in [2.05, 4.69) is 31.9 Å². The van der Waals surface area contributed by atoms with Gasteiger partial charge in [0.2, 0.25) is 0 Å². The molecule has 0 atom stereocenters. The highest BCUT2D eigenvalue weighted by atomic mass is 79.9. The van der Waals surface area contributed by atoms with Crippen molar-refractivity contribution in [2.75, 3.05) is 0 Å². The summed E-state index contributed by atoms with van der Waals surface area (Å²) in [5.41, 5.74) is 4.95. The van der Waals surface area contributed by atoms with Crippen LogP contribution in [0.5, 0.6) is 0 Å². The van der Waals surface area contributed by atoms with Crippen LogP contribution in [0.4, 0.5) is 0 Å². The van der Waals surface area contributed by atoms with Crippen LogP contribution in [0.1, 0.15) is 28.0 Å². The number of furan rings is 1. The number of nitrogens with zero attached hydrogens (tertiary/aromatic N) is 2. The van der Waals surface area contributed by atoms with Crippen molar-refractivity contribution in [1.29, 1.82) is 0 Å². The second kappa shape index (κ2) is 7.51. The average molecular weight is 455 g/mol. The highest BCUT2D eigenvalue weighted by molar-refractivity contribution is 9.10. The monoisotopic (exact) mass is 454 g/mol. The molecule has 0 fully saturated rings. The third-order valence-electron chi connectivity index (χ3n) is 4.37. The first-order chi connectivity index (χ1) is 14.0. The van der Waals surface area contributed by atoms with Crippen molar-refractivity contribution < 1.29 is 14.0 Å². The second-order valence-electron chi connectivity index (χ2n) is 6.22. The van der Waals surface area contributed by atoms with Crippen molar-refractivity contribution in [3.8, 4) is 0 Å². The van der Waals surface area contributed by atoms with E-state index in [1.807, 2.05) is 6.07 Å². The zero-order valence-electron chi connectivity index (χ0n) is 15.2. The quantitative estimate of drug-likeness (QED) is 0.462. The van der Waals surface area contributed by atoms with Gasteiger partial charge in [0.05, 0.1) is 5.39 Å². The third kappa shape index (κ3) is 3.52. The van der Waals surface area contributed by atoms with Crippen molar-refractivity contribution in [2.24, 2.45) is 0 Å². The fourth-order valence-electron chi connectivity index (χ4n) is 2.98. The van der Waals surface area contributed by atoms with Gasteiger partial charge in [-0.25, -0.2) is 4.68 Å². The van der Waals surface area contributed by atoms with Crippen LogP contribution in [0.3, 0.4) is 0 Å². The fourth-order valence-corrected chi connectivity index (χ4v) is 3.36. The number of aromatic nitrogens is 2. The first-order valence-electron chi connectivity index (χ1n) is 8.77. The average Bonchev–Trinajstić information content (AvgIpc) is 3.15. The molecule has 2 aromatic carbocycles. The first kappa shape index (κ1) is 18.9. The molecule has 0 aliphatic carbocycles. The molecule has 0 aliphatic heterocycles. The minimum atomic E-state index is -0.643. The predicted octanol–water partition coefficient (Wildman–Crippen LogP) is 3.00. The van der Waals surface area contributed by atoms with Crippen LogP contribution >= 0.6 is 15.9 Å². The molecule has 8 nitrogen and oxygen atoms in total. The maximum Gasteiger partial charge on any atom is 0.305 e. The zero-order valence-corrected chi connectivity index (χ0v) is 16.8. The molecular formula is C20H15BrN4O4. The number of benzene rings is 2. The third-order valence-corrected chi connectivity index (χ3v) is 4.87. The van der Waals surface area contributed by atoms with E-state index in [0.29, 0.717) is 22.9 Å². The van der Waals surface area contributed by atoms with E-state index >= 15 is 0 Å². The van der Waals surface area contributed by atoms with Crippen molar-refractivity contribution >= 4 is 49.5 Å². The molecule has 146 valence electrons. The Hall–Kier alpha value is -3.46. The second-order valence-corrected chi connectivity index (χ2v) is 7.13. The summed E-state index contributed by atoms with van der Waals surface area (Å²) in [6, 6.07) is 13.6. The Morgan fingerprint density at radius 1 is 1.07 bits per heavy atom. The number of carbonyl (C=O) groups is 2. The highest BCUT2D eigenvalue weighted by Crippen LogP contribution is 2.23. The van der Waals surface area contributed by atoms with E-state index in [1.54, 1.807) is 49.4 Å². The van der Waals surface area contributed by atoms with E-state index in [9.17, 15) is 14.4 Å². The lowest BCUT2D eigenvalue weighted by Crippen LogP contribution is -2.42. The number of amides is 2. The fraction of sp³-hybridized carbons (Fsp3) is 0.100. The Kier molecular flexibility index (Phi) is 4.89. The summed E-state index contributed by atoms with van der Waals surface area (Å²) >= 11 is 3.36.